The van der Waals surface area contributed by atoms with Gasteiger partial charge in [-0.3, -0.25) is 14.5 Å². The molecule has 1 aromatic carbocycles. The minimum Gasteiger partial charge on any atom is -0.467 e. The van der Waals surface area contributed by atoms with Crippen LogP contribution >= 0.6 is 0 Å². The monoisotopic (exact) mass is 302 g/mol. The molecule has 1 aliphatic heterocycles. The van der Waals surface area contributed by atoms with Crippen LogP contribution in [-0.4, -0.2) is 54.8 Å². The summed E-state index contributed by atoms with van der Waals surface area (Å²) < 4.78 is 4.73. The summed E-state index contributed by atoms with van der Waals surface area (Å²) in [7, 11) is 4.79. The van der Waals surface area contributed by atoms with E-state index in [4.69, 9.17) is 4.74 Å². The maximum absolute atomic E-state index is 12.6. The van der Waals surface area contributed by atoms with Crippen molar-refractivity contribution < 1.29 is 19.1 Å². The molecule has 2 amide bonds. The Morgan fingerprint density at radius 2 is 1.91 bits per heavy atom. The molecule has 116 valence electrons. The van der Waals surface area contributed by atoms with Gasteiger partial charge in [0.05, 0.1) is 7.11 Å². The van der Waals surface area contributed by atoms with Gasteiger partial charge in [0.1, 0.15) is 6.04 Å². The van der Waals surface area contributed by atoms with Gasteiger partial charge in [-0.25, -0.2) is 4.79 Å². The Morgan fingerprint density at radius 1 is 1.27 bits per heavy atom. The summed E-state index contributed by atoms with van der Waals surface area (Å²) >= 11 is 0. The fraction of sp³-hybridized carbons (Fsp3) is 0.312. The van der Waals surface area contributed by atoms with Gasteiger partial charge >= 0.3 is 5.97 Å². The van der Waals surface area contributed by atoms with Crippen molar-refractivity contribution in [2.75, 3.05) is 21.2 Å². The van der Waals surface area contributed by atoms with Crippen LogP contribution in [0.4, 0.5) is 0 Å². The SMILES string of the molecule is COC(=O)[C@@H]1C/C(=C\N(C)C)C(=O)N1C(=O)c1ccccc1. The molecule has 2 rings (SSSR count). The van der Waals surface area contributed by atoms with E-state index in [0.717, 1.165) is 4.90 Å². The molecule has 0 bridgehead atoms. The summed E-state index contributed by atoms with van der Waals surface area (Å²) in [6.45, 7) is 0. The molecule has 6 nitrogen and oxygen atoms in total. The molecule has 6 heteroatoms. The zero-order valence-corrected chi connectivity index (χ0v) is 12.8. The Kier molecular flexibility index (Phi) is 4.60. The largest absolute Gasteiger partial charge is 0.467 e. The van der Waals surface area contributed by atoms with E-state index in [1.807, 2.05) is 0 Å². The molecule has 0 spiro atoms. The lowest BCUT2D eigenvalue weighted by Crippen LogP contribution is -2.43. The quantitative estimate of drug-likeness (QED) is 0.474. The van der Waals surface area contributed by atoms with Gasteiger partial charge in [-0.15, -0.1) is 0 Å². The van der Waals surface area contributed by atoms with Crippen LogP contribution < -0.4 is 0 Å². The van der Waals surface area contributed by atoms with Crippen molar-refractivity contribution in [1.82, 2.24) is 9.80 Å². The molecule has 1 atom stereocenters. The van der Waals surface area contributed by atoms with Crippen molar-refractivity contribution in [3.63, 3.8) is 0 Å². The highest BCUT2D eigenvalue weighted by molar-refractivity contribution is 6.14. The molecule has 0 radical (unpaired) electrons. The van der Waals surface area contributed by atoms with E-state index in [0.29, 0.717) is 11.1 Å². The third-order valence-corrected chi connectivity index (χ3v) is 3.35. The Labute approximate surface area is 129 Å². The van der Waals surface area contributed by atoms with E-state index in [2.05, 4.69) is 0 Å². The summed E-state index contributed by atoms with van der Waals surface area (Å²) in [5.41, 5.74) is 0.764. The average molecular weight is 302 g/mol. The normalized spacial score (nSPS) is 19.4. The van der Waals surface area contributed by atoms with Crippen LogP contribution in [0.3, 0.4) is 0 Å². The van der Waals surface area contributed by atoms with E-state index in [1.165, 1.54) is 7.11 Å². The lowest BCUT2D eigenvalue weighted by Gasteiger charge is -2.20. The van der Waals surface area contributed by atoms with E-state index in [9.17, 15) is 14.4 Å². The molecule has 0 aliphatic carbocycles. The zero-order valence-electron chi connectivity index (χ0n) is 12.8. The van der Waals surface area contributed by atoms with Crippen molar-refractivity contribution in [3.05, 3.63) is 47.7 Å². The van der Waals surface area contributed by atoms with Crippen LogP contribution in [0.1, 0.15) is 16.8 Å². The van der Waals surface area contributed by atoms with Gasteiger partial charge in [0.15, 0.2) is 0 Å². The van der Waals surface area contributed by atoms with Crippen LogP contribution in [0, 0.1) is 0 Å². The first-order chi connectivity index (χ1) is 10.5. The highest BCUT2D eigenvalue weighted by Crippen LogP contribution is 2.27. The van der Waals surface area contributed by atoms with E-state index in [1.54, 1.807) is 55.5 Å². The third-order valence-electron chi connectivity index (χ3n) is 3.35. The number of rotatable bonds is 3. The molecule has 1 fully saturated rings. The first-order valence-corrected chi connectivity index (χ1v) is 6.83. The van der Waals surface area contributed by atoms with E-state index >= 15 is 0 Å². The van der Waals surface area contributed by atoms with Crippen LogP contribution in [-0.2, 0) is 14.3 Å². The molecular formula is C16H18N2O4. The smallest absolute Gasteiger partial charge is 0.329 e. The fourth-order valence-corrected chi connectivity index (χ4v) is 2.38. The van der Waals surface area contributed by atoms with Crippen molar-refractivity contribution >= 4 is 17.8 Å². The minimum atomic E-state index is -0.920. The van der Waals surface area contributed by atoms with Crippen molar-refractivity contribution in [1.29, 1.82) is 0 Å². The molecule has 1 heterocycles. The number of amides is 2. The number of methoxy groups -OCH3 is 1. The molecule has 0 saturated carbocycles. The van der Waals surface area contributed by atoms with Crippen molar-refractivity contribution in [3.8, 4) is 0 Å². The Hall–Kier alpha value is -2.63. The predicted octanol–water partition coefficient (Wildman–Crippen LogP) is 1.05. The number of carbonyl (C=O) groups is 3. The van der Waals surface area contributed by atoms with Gasteiger partial charge in [0.2, 0.25) is 0 Å². The lowest BCUT2D eigenvalue weighted by molar-refractivity contribution is -0.147. The molecule has 1 aliphatic rings. The molecule has 1 aromatic rings. The van der Waals surface area contributed by atoms with Gasteiger partial charge in [-0.05, 0) is 12.1 Å². The summed E-state index contributed by atoms with van der Waals surface area (Å²) in [6, 6.07) is 7.48. The second kappa shape index (κ2) is 6.43. The lowest BCUT2D eigenvalue weighted by atomic mass is 10.1. The van der Waals surface area contributed by atoms with Gasteiger partial charge in [0.25, 0.3) is 11.8 Å². The average Bonchev–Trinajstić information content (AvgIpc) is 2.83. The van der Waals surface area contributed by atoms with Gasteiger partial charge in [-0.1, -0.05) is 18.2 Å². The first-order valence-electron chi connectivity index (χ1n) is 6.83. The first kappa shape index (κ1) is 15.8. The molecular weight excluding hydrogens is 284 g/mol. The molecule has 0 N–H and O–H groups in total. The minimum absolute atomic E-state index is 0.155. The maximum atomic E-state index is 12.6. The van der Waals surface area contributed by atoms with Crippen LogP contribution in [0.15, 0.2) is 42.1 Å². The summed E-state index contributed by atoms with van der Waals surface area (Å²) in [5, 5.41) is 0. The number of carbonyl (C=O) groups excluding carboxylic acids is 3. The number of hydrogen-bond acceptors (Lipinski definition) is 5. The van der Waals surface area contributed by atoms with Gasteiger partial charge in [-0.2, -0.15) is 0 Å². The summed E-state index contributed by atoms with van der Waals surface area (Å²) in [4.78, 5) is 39.7. The second-order valence-electron chi connectivity index (χ2n) is 5.21. The van der Waals surface area contributed by atoms with Gasteiger partial charge in [0, 0.05) is 37.9 Å². The van der Waals surface area contributed by atoms with Crippen LogP contribution in [0.25, 0.3) is 0 Å². The number of benzene rings is 1. The van der Waals surface area contributed by atoms with Crippen molar-refractivity contribution in [2.45, 2.75) is 12.5 Å². The second-order valence-corrected chi connectivity index (χ2v) is 5.21. The Bertz CT molecular complexity index is 622. The summed E-state index contributed by atoms with van der Waals surface area (Å²) in [5.74, 6) is -1.55. The number of likely N-dealkylation sites (tertiary alicyclic amines) is 1. The van der Waals surface area contributed by atoms with E-state index < -0.39 is 23.8 Å². The van der Waals surface area contributed by atoms with Gasteiger partial charge < -0.3 is 9.64 Å². The molecule has 0 unspecified atom stereocenters. The highest BCUT2D eigenvalue weighted by Gasteiger charge is 2.44. The number of nitrogens with zero attached hydrogens (tertiary/aromatic N) is 2. The van der Waals surface area contributed by atoms with Crippen LogP contribution in [0.5, 0.6) is 0 Å². The van der Waals surface area contributed by atoms with E-state index in [-0.39, 0.29) is 6.42 Å². The predicted molar refractivity (Wildman–Crippen MR) is 79.8 cm³/mol. The summed E-state index contributed by atoms with van der Waals surface area (Å²) in [6.07, 6.45) is 1.78. The number of imide groups is 1. The third kappa shape index (κ3) is 3.00. The highest BCUT2D eigenvalue weighted by atomic mass is 16.5. The van der Waals surface area contributed by atoms with Crippen molar-refractivity contribution in [2.24, 2.45) is 0 Å². The number of esters is 1. The Balaban J connectivity index is 2.39. The topological polar surface area (TPSA) is 66.9 Å². The fourth-order valence-electron chi connectivity index (χ4n) is 2.38. The number of hydrogen-bond donors (Lipinski definition) is 0. The maximum Gasteiger partial charge on any atom is 0.329 e. The van der Waals surface area contributed by atoms with Crippen LogP contribution in [0.2, 0.25) is 0 Å². The molecule has 22 heavy (non-hydrogen) atoms. The Morgan fingerprint density at radius 3 is 2.45 bits per heavy atom. The standard InChI is InChI=1S/C16H18N2O4/c1-17(2)10-12-9-13(16(21)22-3)18(15(12)20)14(19)11-7-5-4-6-8-11/h4-8,10,13H,9H2,1-3H3/b12-10+/t13-/m0/s1. The number of ether oxygens (including phenoxy) is 1. The molecule has 1 saturated heterocycles. The zero-order chi connectivity index (χ0) is 16.3. The molecule has 0 aromatic heterocycles.